The zero-order chi connectivity index (χ0) is 18.6. The third-order valence-electron chi connectivity index (χ3n) is 4.04. The van der Waals surface area contributed by atoms with Crippen LogP contribution in [-0.2, 0) is 4.74 Å². The number of likely N-dealkylation sites (tertiary alicyclic amines) is 1. The second-order valence-corrected chi connectivity index (χ2v) is 5.67. The summed E-state index contributed by atoms with van der Waals surface area (Å²) in [6.45, 7) is 3.90. The lowest BCUT2D eigenvalue weighted by atomic mass is 10.1. The summed E-state index contributed by atoms with van der Waals surface area (Å²) in [7, 11) is 1.52. The number of methoxy groups -OCH3 is 1. The van der Waals surface area contributed by atoms with E-state index in [0.717, 1.165) is 12.6 Å². The fraction of sp³-hybridized carbons (Fsp3) is 0.562. The standard InChI is InChI=1S/C16H20F4N2O3/c1-3-22-8-11(13(9-22)24-2)21-14(23)10-6-4-5-7-12(10)25-16(19,20)15(17)18/h4-7,11,13,15H,3,8-9H2,1-2H3,(H,21,23). The molecule has 1 aromatic rings. The van der Waals surface area contributed by atoms with Crippen LogP contribution in [0.4, 0.5) is 17.6 Å². The van der Waals surface area contributed by atoms with Crippen molar-refractivity contribution in [3.63, 3.8) is 0 Å². The van der Waals surface area contributed by atoms with Crippen LogP contribution in [0.5, 0.6) is 5.75 Å². The van der Waals surface area contributed by atoms with E-state index in [0.29, 0.717) is 13.1 Å². The molecule has 1 saturated heterocycles. The number of carbonyl (C=O) groups is 1. The molecule has 0 spiro atoms. The van der Waals surface area contributed by atoms with E-state index in [9.17, 15) is 22.4 Å². The summed E-state index contributed by atoms with van der Waals surface area (Å²) < 4.78 is 60.4. The Kier molecular flexibility index (Phi) is 6.23. The molecule has 2 unspecified atom stereocenters. The van der Waals surface area contributed by atoms with Crippen LogP contribution in [0.25, 0.3) is 0 Å². The summed E-state index contributed by atoms with van der Waals surface area (Å²) in [5.74, 6) is -1.30. The molecule has 2 rings (SSSR count). The summed E-state index contributed by atoms with van der Waals surface area (Å²) in [5, 5.41) is 2.70. The number of para-hydroxylation sites is 1. The molecule has 0 aliphatic carbocycles. The zero-order valence-corrected chi connectivity index (χ0v) is 13.8. The number of hydrogen-bond acceptors (Lipinski definition) is 4. The van der Waals surface area contributed by atoms with Gasteiger partial charge in [-0.2, -0.15) is 17.6 Å². The zero-order valence-electron chi connectivity index (χ0n) is 13.8. The summed E-state index contributed by atoms with van der Waals surface area (Å²) in [6.07, 6.45) is -8.94. The normalized spacial score (nSPS) is 21.6. The molecule has 140 valence electrons. The fourth-order valence-electron chi connectivity index (χ4n) is 2.67. The van der Waals surface area contributed by atoms with Crippen molar-refractivity contribution in [1.82, 2.24) is 10.2 Å². The molecule has 5 nitrogen and oxygen atoms in total. The van der Waals surface area contributed by atoms with Gasteiger partial charge in [-0.1, -0.05) is 19.1 Å². The molecular formula is C16H20F4N2O3. The van der Waals surface area contributed by atoms with E-state index >= 15 is 0 Å². The van der Waals surface area contributed by atoms with Crippen molar-refractivity contribution in [2.45, 2.75) is 31.6 Å². The average Bonchev–Trinajstić information content (AvgIpc) is 2.96. The number of rotatable bonds is 7. The average molecular weight is 364 g/mol. The largest absolute Gasteiger partial charge is 0.461 e. The molecule has 0 radical (unpaired) electrons. The van der Waals surface area contributed by atoms with Crippen LogP contribution in [0.15, 0.2) is 24.3 Å². The summed E-state index contributed by atoms with van der Waals surface area (Å²) >= 11 is 0. The predicted molar refractivity (Wildman–Crippen MR) is 82.2 cm³/mol. The van der Waals surface area contributed by atoms with Crippen molar-refractivity contribution in [1.29, 1.82) is 0 Å². The minimum atomic E-state index is -4.68. The first-order valence-electron chi connectivity index (χ1n) is 7.78. The number of hydrogen-bond donors (Lipinski definition) is 1. The number of nitrogens with zero attached hydrogens (tertiary/aromatic N) is 1. The van der Waals surface area contributed by atoms with Gasteiger partial charge in [0, 0.05) is 20.2 Å². The number of ether oxygens (including phenoxy) is 2. The van der Waals surface area contributed by atoms with Gasteiger partial charge in [0.05, 0.1) is 17.7 Å². The monoisotopic (exact) mass is 364 g/mol. The Morgan fingerprint density at radius 3 is 2.64 bits per heavy atom. The molecule has 1 heterocycles. The predicted octanol–water partition coefficient (Wildman–Crippen LogP) is 2.37. The highest BCUT2D eigenvalue weighted by molar-refractivity contribution is 5.97. The summed E-state index contributed by atoms with van der Waals surface area (Å²) in [6, 6.07) is 4.69. The molecule has 9 heteroatoms. The SMILES string of the molecule is CCN1CC(NC(=O)c2ccccc2OC(F)(F)C(F)F)C(OC)C1. The molecule has 0 bridgehead atoms. The first-order valence-corrected chi connectivity index (χ1v) is 7.78. The lowest BCUT2D eigenvalue weighted by Crippen LogP contribution is -2.44. The maximum Gasteiger partial charge on any atom is 0.461 e. The maximum absolute atomic E-state index is 13.2. The Bertz CT molecular complexity index is 600. The number of benzene rings is 1. The van der Waals surface area contributed by atoms with Gasteiger partial charge < -0.3 is 14.8 Å². The molecule has 1 amide bonds. The van der Waals surface area contributed by atoms with Gasteiger partial charge in [-0.3, -0.25) is 9.69 Å². The van der Waals surface area contributed by atoms with Crippen LogP contribution in [0.1, 0.15) is 17.3 Å². The van der Waals surface area contributed by atoms with Gasteiger partial charge in [-0.25, -0.2) is 0 Å². The van der Waals surface area contributed by atoms with E-state index in [1.54, 1.807) is 0 Å². The molecule has 1 aromatic carbocycles. The molecule has 1 aliphatic heterocycles. The van der Waals surface area contributed by atoms with Crippen LogP contribution in [0.2, 0.25) is 0 Å². The van der Waals surface area contributed by atoms with E-state index in [1.807, 2.05) is 6.92 Å². The van der Waals surface area contributed by atoms with Crippen molar-refractivity contribution >= 4 is 5.91 Å². The highest BCUT2D eigenvalue weighted by Crippen LogP contribution is 2.30. The van der Waals surface area contributed by atoms with E-state index < -0.39 is 24.2 Å². The fourth-order valence-corrected chi connectivity index (χ4v) is 2.67. The third kappa shape index (κ3) is 4.60. The molecule has 0 aromatic heterocycles. The number of alkyl halides is 4. The minimum absolute atomic E-state index is 0.243. The van der Waals surface area contributed by atoms with Crippen LogP contribution >= 0.6 is 0 Å². The lowest BCUT2D eigenvalue weighted by molar-refractivity contribution is -0.253. The number of likely N-dealkylation sites (N-methyl/N-ethyl adjacent to an activating group) is 1. The first kappa shape index (κ1) is 19.5. The number of nitrogens with one attached hydrogen (secondary N) is 1. The Morgan fingerprint density at radius 2 is 2.04 bits per heavy atom. The quantitative estimate of drug-likeness (QED) is 0.755. The van der Waals surface area contributed by atoms with Crippen molar-refractivity contribution in [3.8, 4) is 5.75 Å². The molecule has 25 heavy (non-hydrogen) atoms. The van der Waals surface area contributed by atoms with Gasteiger partial charge in [-0.15, -0.1) is 0 Å². The van der Waals surface area contributed by atoms with Crippen LogP contribution in [0, 0.1) is 0 Å². The van der Waals surface area contributed by atoms with Gasteiger partial charge in [0.2, 0.25) is 0 Å². The van der Waals surface area contributed by atoms with E-state index in [1.165, 1.54) is 25.3 Å². The third-order valence-corrected chi connectivity index (χ3v) is 4.04. The lowest BCUT2D eigenvalue weighted by Gasteiger charge is -2.21. The second kappa shape index (κ2) is 8.01. The van der Waals surface area contributed by atoms with Crippen molar-refractivity contribution in [3.05, 3.63) is 29.8 Å². The number of carbonyl (C=O) groups excluding carboxylic acids is 1. The van der Waals surface area contributed by atoms with E-state index in [2.05, 4.69) is 15.0 Å². The Morgan fingerprint density at radius 1 is 1.36 bits per heavy atom. The Balaban J connectivity index is 2.14. The van der Waals surface area contributed by atoms with Gasteiger partial charge in [0.1, 0.15) is 5.75 Å². The Hall–Kier alpha value is -1.87. The van der Waals surface area contributed by atoms with E-state index in [4.69, 9.17) is 4.74 Å². The highest BCUT2D eigenvalue weighted by Gasteiger charge is 2.44. The molecule has 0 saturated carbocycles. The maximum atomic E-state index is 13.2. The smallest absolute Gasteiger partial charge is 0.427 e. The molecule has 1 fully saturated rings. The molecule has 1 aliphatic rings. The molecule has 2 atom stereocenters. The van der Waals surface area contributed by atoms with Gasteiger partial charge in [0.15, 0.2) is 0 Å². The Labute approximate surface area is 142 Å². The van der Waals surface area contributed by atoms with Crippen molar-refractivity contribution in [2.24, 2.45) is 0 Å². The summed E-state index contributed by atoms with van der Waals surface area (Å²) in [5.41, 5.74) is -0.243. The van der Waals surface area contributed by atoms with Gasteiger partial charge >= 0.3 is 12.5 Å². The highest BCUT2D eigenvalue weighted by atomic mass is 19.3. The van der Waals surface area contributed by atoms with Gasteiger partial charge in [0.25, 0.3) is 5.91 Å². The van der Waals surface area contributed by atoms with Crippen molar-refractivity contribution in [2.75, 3.05) is 26.7 Å². The topological polar surface area (TPSA) is 50.8 Å². The first-order chi connectivity index (χ1) is 11.8. The van der Waals surface area contributed by atoms with Gasteiger partial charge in [-0.05, 0) is 18.7 Å². The van der Waals surface area contributed by atoms with Crippen LogP contribution in [0.3, 0.4) is 0 Å². The van der Waals surface area contributed by atoms with Crippen LogP contribution in [-0.4, -0.2) is 62.2 Å². The van der Waals surface area contributed by atoms with Crippen LogP contribution < -0.4 is 10.1 Å². The number of halogens is 4. The molecule has 1 N–H and O–H groups in total. The minimum Gasteiger partial charge on any atom is -0.427 e. The van der Waals surface area contributed by atoms with Crippen molar-refractivity contribution < 1.29 is 31.8 Å². The molecular weight excluding hydrogens is 344 g/mol. The summed E-state index contributed by atoms with van der Waals surface area (Å²) in [4.78, 5) is 14.5. The second-order valence-electron chi connectivity index (χ2n) is 5.67. The number of amides is 1. The van der Waals surface area contributed by atoms with E-state index in [-0.39, 0.29) is 17.7 Å².